The molecule has 0 radical (unpaired) electrons. The van der Waals surface area contributed by atoms with Gasteiger partial charge >= 0.3 is 0 Å². The van der Waals surface area contributed by atoms with Gasteiger partial charge < -0.3 is 0 Å². The molecule has 1 aromatic rings. The molecule has 0 aliphatic carbocycles. The van der Waals surface area contributed by atoms with Crippen LogP contribution in [0.2, 0.25) is 0 Å². The van der Waals surface area contributed by atoms with Crippen LogP contribution in [0.25, 0.3) is 0 Å². The molecule has 1 aliphatic rings. The lowest BCUT2D eigenvalue weighted by Gasteiger charge is -2.00. The summed E-state index contributed by atoms with van der Waals surface area (Å²) in [5.41, 5.74) is 3.09. The average Bonchev–Trinajstić information content (AvgIpc) is 2.51. The highest BCUT2D eigenvalue weighted by atomic mass is 79.9. The quantitative estimate of drug-likeness (QED) is 0.819. The summed E-state index contributed by atoms with van der Waals surface area (Å²) in [6.45, 7) is 0. The first-order valence-corrected chi connectivity index (χ1v) is 4.77. The van der Waals surface area contributed by atoms with Gasteiger partial charge in [0.05, 0.1) is 12.1 Å². The van der Waals surface area contributed by atoms with Crippen LogP contribution in [0.3, 0.4) is 0 Å². The maximum atomic E-state index is 13.4. The van der Waals surface area contributed by atoms with Gasteiger partial charge in [0.2, 0.25) is 5.91 Å². The van der Waals surface area contributed by atoms with E-state index >= 15 is 0 Å². The number of nitrogens with zero attached hydrogens (tertiary/aromatic N) is 1. The topological polar surface area (TPSA) is 41.5 Å². The third-order valence-electron chi connectivity index (χ3n) is 1.89. The van der Waals surface area contributed by atoms with Crippen LogP contribution >= 0.6 is 15.9 Å². The van der Waals surface area contributed by atoms with E-state index in [9.17, 15) is 9.18 Å². The zero-order chi connectivity index (χ0) is 10.1. The van der Waals surface area contributed by atoms with E-state index in [1.165, 1.54) is 6.07 Å². The van der Waals surface area contributed by atoms with Crippen molar-refractivity contribution in [3.63, 3.8) is 0 Å². The zero-order valence-electron chi connectivity index (χ0n) is 7.05. The molecule has 1 aromatic carbocycles. The number of benzene rings is 1. The fraction of sp³-hybridized carbons (Fsp3) is 0.111. The summed E-state index contributed by atoms with van der Waals surface area (Å²) >= 11 is 3.15. The zero-order valence-corrected chi connectivity index (χ0v) is 8.64. The Hall–Kier alpha value is -1.23. The summed E-state index contributed by atoms with van der Waals surface area (Å²) < 4.78 is 14.0. The van der Waals surface area contributed by atoms with Crippen LogP contribution in [-0.4, -0.2) is 11.6 Å². The molecule has 1 aliphatic heterocycles. The normalized spacial score (nSPS) is 15.3. The highest BCUT2D eigenvalue weighted by Crippen LogP contribution is 2.18. The minimum atomic E-state index is -0.380. The second-order valence-electron chi connectivity index (χ2n) is 2.89. The van der Waals surface area contributed by atoms with Gasteiger partial charge in [0, 0.05) is 10.0 Å². The Morgan fingerprint density at radius 2 is 2.29 bits per heavy atom. The van der Waals surface area contributed by atoms with Gasteiger partial charge in [0.1, 0.15) is 5.82 Å². The van der Waals surface area contributed by atoms with Gasteiger partial charge in [-0.05, 0) is 18.2 Å². The molecule has 0 fully saturated rings. The Bertz CT molecular complexity index is 431. The van der Waals surface area contributed by atoms with Crippen molar-refractivity contribution in [2.24, 2.45) is 5.10 Å². The van der Waals surface area contributed by atoms with Crippen molar-refractivity contribution in [3.05, 3.63) is 34.1 Å². The second-order valence-corrected chi connectivity index (χ2v) is 3.81. The minimum absolute atomic E-state index is 0.137. The first-order chi connectivity index (χ1) is 6.66. The minimum Gasteiger partial charge on any atom is -0.273 e. The number of hydrogen-bond donors (Lipinski definition) is 1. The molecule has 0 atom stereocenters. The van der Waals surface area contributed by atoms with Crippen molar-refractivity contribution in [2.75, 3.05) is 0 Å². The molecule has 0 spiro atoms. The van der Waals surface area contributed by atoms with Crippen LogP contribution in [0.4, 0.5) is 4.39 Å². The molecule has 0 aromatic heterocycles. The van der Waals surface area contributed by atoms with E-state index in [4.69, 9.17) is 0 Å². The maximum absolute atomic E-state index is 13.4. The van der Waals surface area contributed by atoms with Gasteiger partial charge in [-0.25, -0.2) is 9.82 Å². The largest absolute Gasteiger partial charge is 0.273 e. The van der Waals surface area contributed by atoms with E-state index < -0.39 is 0 Å². The van der Waals surface area contributed by atoms with Crippen molar-refractivity contribution < 1.29 is 9.18 Å². The fourth-order valence-electron chi connectivity index (χ4n) is 1.24. The summed E-state index contributed by atoms with van der Waals surface area (Å²) in [5, 5.41) is 3.74. The summed E-state index contributed by atoms with van der Waals surface area (Å²) in [6, 6.07) is 4.66. The van der Waals surface area contributed by atoms with Crippen LogP contribution in [0.5, 0.6) is 0 Å². The summed E-state index contributed by atoms with van der Waals surface area (Å²) in [6.07, 6.45) is 0.137. The number of rotatable bonds is 1. The Morgan fingerprint density at radius 3 is 2.86 bits per heavy atom. The number of carbonyl (C=O) groups is 1. The monoisotopic (exact) mass is 256 g/mol. The predicted octanol–water partition coefficient (Wildman–Crippen LogP) is 1.81. The maximum Gasteiger partial charge on any atom is 0.246 e. The molecule has 0 unspecified atom stereocenters. The van der Waals surface area contributed by atoms with Crippen molar-refractivity contribution in [2.45, 2.75) is 6.42 Å². The van der Waals surface area contributed by atoms with Crippen LogP contribution in [0.1, 0.15) is 12.0 Å². The first kappa shape index (κ1) is 9.33. The van der Waals surface area contributed by atoms with Crippen molar-refractivity contribution >= 4 is 27.5 Å². The van der Waals surface area contributed by atoms with Gasteiger partial charge in [0.25, 0.3) is 0 Å². The van der Waals surface area contributed by atoms with Crippen molar-refractivity contribution in [1.82, 2.24) is 5.43 Å². The molecule has 0 saturated heterocycles. The van der Waals surface area contributed by atoms with Gasteiger partial charge in [-0.3, -0.25) is 4.79 Å². The summed E-state index contributed by atoms with van der Waals surface area (Å²) in [5.74, 6) is -0.586. The van der Waals surface area contributed by atoms with Crippen LogP contribution in [0.15, 0.2) is 27.8 Å². The lowest BCUT2D eigenvalue weighted by atomic mass is 10.1. The number of carbonyl (C=O) groups excluding carboxylic acids is 1. The van der Waals surface area contributed by atoms with E-state index in [-0.39, 0.29) is 18.1 Å². The highest BCUT2D eigenvalue weighted by molar-refractivity contribution is 9.10. The van der Waals surface area contributed by atoms with Gasteiger partial charge in [0.15, 0.2) is 0 Å². The third-order valence-corrected chi connectivity index (χ3v) is 2.38. The second kappa shape index (κ2) is 3.49. The standard InChI is InChI=1S/C9H6BrFN2O/c10-5-1-2-6(7(11)3-5)8-4-9(14)13-12-8/h1-3H,4H2,(H,13,14). The Kier molecular flexibility index (Phi) is 2.33. The number of nitrogens with one attached hydrogen (secondary N) is 1. The Balaban J connectivity index is 2.38. The lowest BCUT2D eigenvalue weighted by molar-refractivity contribution is -0.119. The van der Waals surface area contributed by atoms with Crippen molar-refractivity contribution in [3.8, 4) is 0 Å². The van der Waals surface area contributed by atoms with E-state index in [2.05, 4.69) is 26.5 Å². The number of amides is 1. The van der Waals surface area contributed by atoms with Crippen LogP contribution < -0.4 is 5.43 Å². The van der Waals surface area contributed by atoms with E-state index in [0.29, 0.717) is 15.7 Å². The fourth-order valence-corrected chi connectivity index (χ4v) is 1.57. The lowest BCUT2D eigenvalue weighted by Crippen LogP contribution is -2.09. The van der Waals surface area contributed by atoms with Crippen molar-refractivity contribution in [1.29, 1.82) is 0 Å². The molecule has 1 N–H and O–H groups in total. The SMILES string of the molecule is O=C1CC(c2ccc(Br)cc2F)=NN1. The number of hydrogen-bond acceptors (Lipinski definition) is 2. The van der Waals surface area contributed by atoms with Gasteiger partial charge in [-0.15, -0.1) is 0 Å². The molecule has 5 heteroatoms. The molecule has 1 amide bonds. The molecule has 2 rings (SSSR count). The molecular formula is C9H6BrFN2O. The molecular weight excluding hydrogens is 251 g/mol. The van der Waals surface area contributed by atoms with E-state index in [1.54, 1.807) is 12.1 Å². The number of halogens is 2. The van der Waals surface area contributed by atoms with E-state index in [1.807, 2.05) is 0 Å². The van der Waals surface area contributed by atoms with Crippen LogP contribution in [-0.2, 0) is 4.79 Å². The highest BCUT2D eigenvalue weighted by Gasteiger charge is 2.18. The summed E-state index contributed by atoms with van der Waals surface area (Å²) in [7, 11) is 0. The smallest absolute Gasteiger partial charge is 0.246 e. The molecule has 0 saturated carbocycles. The molecule has 72 valence electrons. The molecule has 0 bridgehead atoms. The average molecular weight is 257 g/mol. The predicted molar refractivity (Wildman–Crippen MR) is 53.4 cm³/mol. The summed E-state index contributed by atoms with van der Waals surface area (Å²) in [4.78, 5) is 10.8. The molecule has 3 nitrogen and oxygen atoms in total. The van der Waals surface area contributed by atoms with Gasteiger partial charge in [-0.1, -0.05) is 15.9 Å². The third kappa shape index (κ3) is 1.68. The Morgan fingerprint density at radius 1 is 1.50 bits per heavy atom. The Labute approximate surface area is 88.1 Å². The number of hydrazone groups is 1. The first-order valence-electron chi connectivity index (χ1n) is 3.97. The molecule has 14 heavy (non-hydrogen) atoms. The van der Waals surface area contributed by atoms with E-state index in [0.717, 1.165) is 0 Å². The van der Waals surface area contributed by atoms with Crippen LogP contribution in [0, 0.1) is 5.82 Å². The molecule has 1 heterocycles. The van der Waals surface area contributed by atoms with Gasteiger partial charge in [-0.2, -0.15) is 5.10 Å².